The van der Waals surface area contributed by atoms with Crippen molar-refractivity contribution in [3.63, 3.8) is 0 Å². The van der Waals surface area contributed by atoms with Crippen molar-refractivity contribution < 1.29 is 9.53 Å². The van der Waals surface area contributed by atoms with Crippen LogP contribution in [0.25, 0.3) is 0 Å². The third-order valence-electron chi connectivity index (χ3n) is 3.94. The summed E-state index contributed by atoms with van der Waals surface area (Å²) in [5.41, 5.74) is 3.51. The van der Waals surface area contributed by atoms with Crippen LogP contribution in [0.3, 0.4) is 0 Å². The second-order valence-electron chi connectivity index (χ2n) is 6.17. The Morgan fingerprint density at radius 3 is 2.74 bits per heavy atom. The van der Waals surface area contributed by atoms with E-state index >= 15 is 0 Å². The van der Waals surface area contributed by atoms with Crippen LogP contribution in [0.1, 0.15) is 36.7 Å². The monoisotopic (exact) mass is 364 g/mol. The van der Waals surface area contributed by atoms with Gasteiger partial charge < -0.3 is 15.4 Å². The average molecular weight is 364 g/mol. The molecule has 0 saturated carbocycles. The summed E-state index contributed by atoms with van der Waals surface area (Å²) in [6.45, 7) is 8.18. The maximum atomic E-state index is 12.5. The number of nitrogens with zero attached hydrogens (tertiary/aromatic N) is 2. The molecule has 1 amide bonds. The number of carbonyl (C=O) groups is 1. The molecule has 0 bridgehead atoms. The second-order valence-corrected chi connectivity index (χ2v) is 6.17. The van der Waals surface area contributed by atoms with Crippen LogP contribution < -0.4 is 15.4 Å². The van der Waals surface area contributed by atoms with Crippen LogP contribution >= 0.6 is 0 Å². The zero-order valence-electron chi connectivity index (χ0n) is 16.0. The van der Waals surface area contributed by atoms with Gasteiger partial charge in [0.25, 0.3) is 5.91 Å². The van der Waals surface area contributed by atoms with Gasteiger partial charge in [0.2, 0.25) is 0 Å². The Kier molecular flexibility index (Phi) is 6.95. The Labute approximate surface area is 159 Å². The molecule has 0 aliphatic rings. The molecule has 6 heteroatoms. The number of hydrogen-bond acceptors (Lipinski definition) is 5. The highest BCUT2D eigenvalue weighted by molar-refractivity contribution is 5.97. The molecule has 1 aromatic carbocycles. The Bertz CT molecular complexity index is 867. The zero-order chi connectivity index (χ0) is 19.8. The van der Waals surface area contributed by atoms with E-state index in [1.807, 2.05) is 64.1 Å². The Balaban J connectivity index is 2.12. The number of aryl methyl sites for hydroxylation is 2. The van der Waals surface area contributed by atoms with Gasteiger partial charge in [-0.2, -0.15) is 5.26 Å². The van der Waals surface area contributed by atoms with Gasteiger partial charge in [-0.25, -0.2) is 0 Å². The molecule has 27 heavy (non-hydrogen) atoms. The molecule has 0 saturated heterocycles. The van der Waals surface area contributed by atoms with E-state index in [4.69, 9.17) is 4.74 Å². The van der Waals surface area contributed by atoms with Crippen LogP contribution in [0.5, 0.6) is 5.75 Å². The molecule has 0 aliphatic carbocycles. The van der Waals surface area contributed by atoms with E-state index in [-0.39, 0.29) is 11.6 Å². The van der Waals surface area contributed by atoms with Gasteiger partial charge in [0.1, 0.15) is 17.4 Å². The number of rotatable bonds is 7. The molecule has 2 aromatic rings. The number of amides is 1. The Hall–Kier alpha value is -3.33. The highest BCUT2D eigenvalue weighted by Gasteiger charge is 2.17. The SMILES string of the molecule is CCOc1ccc(C)cc1C(C)NC(=O)/C(C#N)=C\Nc1ccc(C)nc1. The number of nitrogens with one attached hydrogen (secondary N) is 2. The lowest BCUT2D eigenvalue weighted by Crippen LogP contribution is -2.28. The fraction of sp³-hybridized carbons (Fsp3) is 0.286. The second kappa shape index (κ2) is 9.39. The van der Waals surface area contributed by atoms with Crippen molar-refractivity contribution >= 4 is 11.6 Å². The van der Waals surface area contributed by atoms with Crippen molar-refractivity contribution in [3.8, 4) is 11.8 Å². The van der Waals surface area contributed by atoms with Gasteiger partial charge in [0, 0.05) is 17.5 Å². The number of pyridine rings is 1. The van der Waals surface area contributed by atoms with Gasteiger partial charge in [-0.05, 0) is 45.9 Å². The van der Waals surface area contributed by atoms with Crippen LogP contribution in [0, 0.1) is 25.2 Å². The van der Waals surface area contributed by atoms with Gasteiger partial charge in [-0.1, -0.05) is 17.7 Å². The van der Waals surface area contributed by atoms with Crippen molar-refractivity contribution in [1.29, 1.82) is 5.26 Å². The Morgan fingerprint density at radius 1 is 1.33 bits per heavy atom. The number of benzene rings is 1. The summed E-state index contributed by atoms with van der Waals surface area (Å²) in [5.74, 6) is 0.267. The molecule has 140 valence electrons. The van der Waals surface area contributed by atoms with E-state index in [1.165, 1.54) is 6.20 Å². The third-order valence-corrected chi connectivity index (χ3v) is 3.94. The van der Waals surface area contributed by atoms with Crippen molar-refractivity contribution in [2.24, 2.45) is 0 Å². The van der Waals surface area contributed by atoms with Crippen LogP contribution in [-0.4, -0.2) is 17.5 Å². The summed E-state index contributed by atoms with van der Waals surface area (Å²) >= 11 is 0. The van der Waals surface area contributed by atoms with Gasteiger partial charge in [0.05, 0.1) is 24.5 Å². The van der Waals surface area contributed by atoms with Gasteiger partial charge in [-0.15, -0.1) is 0 Å². The lowest BCUT2D eigenvalue weighted by molar-refractivity contribution is -0.117. The van der Waals surface area contributed by atoms with Crippen LogP contribution in [0.2, 0.25) is 0 Å². The van der Waals surface area contributed by atoms with E-state index in [9.17, 15) is 10.1 Å². The molecule has 1 unspecified atom stereocenters. The predicted octanol–water partition coefficient (Wildman–Crippen LogP) is 3.79. The summed E-state index contributed by atoms with van der Waals surface area (Å²) in [7, 11) is 0. The van der Waals surface area contributed by atoms with Gasteiger partial charge in [-0.3, -0.25) is 9.78 Å². The molecule has 0 radical (unpaired) electrons. The summed E-state index contributed by atoms with van der Waals surface area (Å²) in [6, 6.07) is 11.1. The lowest BCUT2D eigenvalue weighted by atomic mass is 10.0. The fourth-order valence-electron chi connectivity index (χ4n) is 2.50. The summed E-state index contributed by atoms with van der Waals surface area (Å²) in [4.78, 5) is 16.7. The minimum atomic E-state index is -0.457. The number of anilines is 1. The third kappa shape index (κ3) is 5.58. The highest BCUT2D eigenvalue weighted by Crippen LogP contribution is 2.26. The first-order valence-corrected chi connectivity index (χ1v) is 8.78. The number of carbonyl (C=O) groups excluding carboxylic acids is 1. The minimum absolute atomic E-state index is 0.0203. The molecular formula is C21H24N4O2. The number of ether oxygens (including phenoxy) is 1. The minimum Gasteiger partial charge on any atom is -0.494 e. The molecular weight excluding hydrogens is 340 g/mol. The standard InChI is InChI=1S/C21H24N4O2/c1-5-27-20-9-6-14(2)10-19(20)16(4)25-21(26)17(11-22)12-24-18-8-7-15(3)23-13-18/h6-10,12-13,16,24H,5H2,1-4H3,(H,25,26)/b17-12-. The van der Waals surface area contributed by atoms with E-state index in [2.05, 4.69) is 15.6 Å². The first-order chi connectivity index (χ1) is 12.9. The molecule has 0 fully saturated rings. The zero-order valence-corrected chi connectivity index (χ0v) is 16.0. The van der Waals surface area contributed by atoms with Crippen LogP contribution in [0.15, 0.2) is 48.3 Å². The van der Waals surface area contributed by atoms with E-state index in [1.54, 1.807) is 6.20 Å². The number of aromatic nitrogens is 1. The van der Waals surface area contributed by atoms with E-state index in [0.717, 1.165) is 22.6 Å². The molecule has 6 nitrogen and oxygen atoms in total. The van der Waals surface area contributed by atoms with Crippen molar-refractivity contribution in [3.05, 3.63) is 65.1 Å². The molecule has 0 spiro atoms. The first-order valence-electron chi connectivity index (χ1n) is 8.78. The molecule has 2 rings (SSSR count). The largest absolute Gasteiger partial charge is 0.494 e. The average Bonchev–Trinajstić information content (AvgIpc) is 2.65. The van der Waals surface area contributed by atoms with Gasteiger partial charge in [0.15, 0.2) is 0 Å². The Morgan fingerprint density at radius 2 is 2.11 bits per heavy atom. The summed E-state index contributed by atoms with van der Waals surface area (Å²) in [6.07, 6.45) is 3.02. The summed E-state index contributed by atoms with van der Waals surface area (Å²) < 4.78 is 5.65. The fourth-order valence-corrected chi connectivity index (χ4v) is 2.50. The predicted molar refractivity (Wildman–Crippen MR) is 105 cm³/mol. The highest BCUT2D eigenvalue weighted by atomic mass is 16.5. The molecule has 1 atom stereocenters. The topological polar surface area (TPSA) is 87.0 Å². The number of hydrogen-bond donors (Lipinski definition) is 2. The van der Waals surface area contributed by atoms with E-state index < -0.39 is 5.91 Å². The van der Waals surface area contributed by atoms with Gasteiger partial charge >= 0.3 is 0 Å². The molecule has 1 aromatic heterocycles. The normalized spacial score (nSPS) is 12.0. The number of nitriles is 1. The quantitative estimate of drug-likeness (QED) is 0.576. The molecule has 1 heterocycles. The lowest BCUT2D eigenvalue weighted by Gasteiger charge is -2.18. The maximum Gasteiger partial charge on any atom is 0.263 e. The van der Waals surface area contributed by atoms with Crippen molar-refractivity contribution in [2.45, 2.75) is 33.7 Å². The van der Waals surface area contributed by atoms with Crippen molar-refractivity contribution in [1.82, 2.24) is 10.3 Å². The maximum absolute atomic E-state index is 12.5. The molecule has 2 N–H and O–H groups in total. The summed E-state index contributed by atoms with van der Waals surface area (Å²) in [5, 5.41) is 15.1. The first kappa shape index (κ1) is 20.0. The van der Waals surface area contributed by atoms with E-state index in [0.29, 0.717) is 12.3 Å². The van der Waals surface area contributed by atoms with Crippen LogP contribution in [-0.2, 0) is 4.79 Å². The van der Waals surface area contributed by atoms with Crippen LogP contribution in [0.4, 0.5) is 5.69 Å². The smallest absolute Gasteiger partial charge is 0.263 e. The van der Waals surface area contributed by atoms with Crippen molar-refractivity contribution in [2.75, 3.05) is 11.9 Å². The molecule has 0 aliphatic heterocycles.